The molecule has 0 saturated heterocycles. The zero-order chi connectivity index (χ0) is 14.5. The number of rotatable bonds is 6. The Morgan fingerprint density at radius 2 is 2.00 bits per heavy atom. The number of hydrogen-bond acceptors (Lipinski definition) is 2. The van der Waals surface area contributed by atoms with Crippen LogP contribution in [0.1, 0.15) is 51.0 Å². The summed E-state index contributed by atoms with van der Waals surface area (Å²) in [5.74, 6) is 0.879. The van der Waals surface area contributed by atoms with Gasteiger partial charge in [-0.25, -0.2) is 0 Å². The van der Waals surface area contributed by atoms with Crippen molar-refractivity contribution in [1.29, 1.82) is 0 Å². The molecule has 0 bridgehead atoms. The van der Waals surface area contributed by atoms with Gasteiger partial charge in [-0.1, -0.05) is 44.4 Å². The number of nitrogens with one attached hydrogen (secondary N) is 1. The van der Waals surface area contributed by atoms with Gasteiger partial charge in [0.15, 0.2) is 0 Å². The molecule has 1 heterocycles. The first kappa shape index (κ1) is 15.1. The van der Waals surface area contributed by atoms with E-state index in [0.29, 0.717) is 6.04 Å². The van der Waals surface area contributed by atoms with Crippen LogP contribution in [0.3, 0.4) is 0 Å². The van der Waals surface area contributed by atoms with E-state index < -0.39 is 0 Å². The Balaban J connectivity index is 1.76. The third-order valence-corrected chi connectivity index (χ3v) is 5.89. The summed E-state index contributed by atoms with van der Waals surface area (Å²) in [4.78, 5) is 0. The van der Waals surface area contributed by atoms with Gasteiger partial charge >= 0.3 is 0 Å². The average Bonchev–Trinajstić information content (AvgIpc) is 2.95. The Kier molecular flexibility index (Phi) is 5.32. The van der Waals surface area contributed by atoms with Crippen LogP contribution in [0.2, 0.25) is 0 Å². The lowest BCUT2D eigenvalue weighted by Gasteiger charge is -2.31. The number of benzene rings is 1. The van der Waals surface area contributed by atoms with E-state index in [9.17, 15) is 0 Å². The Hall–Kier alpha value is -0.860. The predicted molar refractivity (Wildman–Crippen MR) is 94.2 cm³/mol. The normalized spacial score (nSPS) is 18.1. The molecule has 1 unspecified atom stereocenters. The van der Waals surface area contributed by atoms with Crippen molar-refractivity contribution in [2.45, 2.75) is 57.9 Å². The summed E-state index contributed by atoms with van der Waals surface area (Å²) in [6.45, 7) is 3.42. The smallest absolute Gasteiger partial charge is 0.0345 e. The molecule has 1 aliphatic carbocycles. The van der Waals surface area contributed by atoms with Gasteiger partial charge in [0.1, 0.15) is 0 Å². The maximum Gasteiger partial charge on any atom is 0.0345 e. The van der Waals surface area contributed by atoms with E-state index in [1.165, 1.54) is 55.0 Å². The molecular formula is C19H27NS. The molecule has 2 heteroatoms. The Morgan fingerprint density at radius 1 is 1.19 bits per heavy atom. The lowest BCUT2D eigenvalue weighted by molar-refractivity contribution is 0.267. The molecule has 3 rings (SSSR count). The van der Waals surface area contributed by atoms with Gasteiger partial charge in [0.2, 0.25) is 0 Å². The lowest BCUT2D eigenvalue weighted by Crippen LogP contribution is -2.39. The van der Waals surface area contributed by atoms with Gasteiger partial charge in [-0.3, -0.25) is 0 Å². The topological polar surface area (TPSA) is 12.0 Å². The molecule has 1 fully saturated rings. The van der Waals surface area contributed by atoms with Crippen LogP contribution >= 0.6 is 11.3 Å². The summed E-state index contributed by atoms with van der Waals surface area (Å²) in [5, 5.41) is 7.70. The minimum atomic E-state index is 0.670. The summed E-state index contributed by atoms with van der Waals surface area (Å²) < 4.78 is 1.44. The van der Waals surface area contributed by atoms with Gasteiger partial charge in [-0.15, -0.1) is 11.3 Å². The predicted octanol–water partition coefficient (Wildman–Crippen LogP) is 5.39. The van der Waals surface area contributed by atoms with Crippen LogP contribution in [0, 0.1) is 5.92 Å². The van der Waals surface area contributed by atoms with Crippen LogP contribution in [-0.2, 0) is 6.42 Å². The summed E-state index contributed by atoms with van der Waals surface area (Å²) >= 11 is 1.90. The second-order valence-corrected chi connectivity index (χ2v) is 7.33. The van der Waals surface area contributed by atoms with Crippen molar-refractivity contribution >= 4 is 21.4 Å². The van der Waals surface area contributed by atoms with E-state index >= 15 is 0 Å². The van der Waals surface area contributed by atoms with Gasteiger partial charge in [0.25, 0.3) is 0 Å². The molecule has 1 nitrogen and oxygen atoms in total. The highest BCUT2D eigenvalue weighted by Gasteiger charge is 2.24. The van der Waals surface area contributed by atoms with E-state index in [0.717, 1.165) is 12.5 Å². The molecule has 0 spiro atoms. The molecular weight excluding hydrogens is 274 g/mol. The quantitative estimate of drug-likeness (QED) is 0.754. The van der Waals surface area contributed by atoms with Gasteiger partial charge in [-0.2, -0.15) is 0 Å². The van der Waals surface area contributed by atoms with E-state index in [2.05, 4.69) is 41.9 Å². The van der Waals surface area contributed by atoms with Crippen LogP contribution in [0.15, 0.2) is 29.6 Å². The first-order chi connectivity index (χ1) is 10.4. The number of hydrogen-bond donors (Lipinski definition) is 1. The molecule has 1 saturated carbocycles. The first-order valence-electron chi connectivity index (χ1n) is 8.57. The maximum atomic E-state index is 3.85. The molecule has 21 heavy (non-hydrogen) atoms. The Morgan fingerprint density at radius 3 is 2.81 bits per heavy atom. The molecule has 2 aromatic rings. The van der Waals surface area contributed by atoms with Crippen LogP contribution < -0.4 is 5.32 Å². The Bertz CT molecular complexity index is 553. The fourth-order valence-corrected chi connectivity index (χ4v) is 4.68. The highest BCUT2D eigenvalue weighted by molar-refractivity contribution is 7.17. The van der Waals surface area contributed by atoms with Crippen molar-refractivity contribution in [3.8, 4) is 0 Å². The van der Waals surface area contributed by atoms with E-state index in [-0.39, 0.29) is 0 Å². The summed E-state index contributed by atoms with van der Waals surface area (Å²) in [5.41, 5.74) is 1.55. The lowest BCUT2D eigenvalue weighted by atomic mass is 9.81. The first-order valence-corrected chi connectivity index (χ1v) is 9.45. The van der Waals surface area contributed by atoms with Gasteiger partial charge < -0.3 is 5.32 Å². The van der Waals surface area contributed by atoms with Crippen LogP contribution in [-0.4, -0.2) is 12.6 Å². The van der Waals surface area contributed by atoms with Crippen LogP contribution in [0.5, 0.6) is 0 Å². The van der Waals surface area contributed by atoms with Crippen molar-refractivity contribution in [1.82, 2.24) is 5.32 Å². The average molecular weight is 301 g/mol. The van der Waals surface area contributed by atoms with Crippen molar-refractivity contribution in [2.24, 2.45) is 5.92 Å². The molecule has 0 amide bonds. The maximum absolute atomic E-state index is 3.85. The van der Waals surface area contributed by atoms with Crippen molar-refractivity contribution in [2.75, 3.05) is 6.54 Å². The second kappa shape index (κ2) is 7.42. The SMILES string of the molecule is CCCNC(Cc1csc2ccccc12)C1CCCCC1. The highest BCUT2D eigenvalue weighted by atomic mass is 32.1. The monoisotopic (exact) mass is 301 g/mol. The molecule has 1 aliphatic rings. The third kappa shape index (κ3) is 3.67. The van der Waals surface area contributed by atoms with Crippen molar-refractivity contribution < 1.29 is 0 Å². The van der Waals surface area contributed by atoms with Gasteiger partial charge in [0, 0.05) is 10.7 Å². The van der Waals surface area contributed by atoms with E-state index in [1.54, 1.807) is 5.56 Å². The second-order valence-electron chi connectivity index (χ2n) is 6.42. The zero-order valence-corrected chi connectivity index (χ0v) is 13.9. The fourth-order valence-electron chi connectivity index (χ4n) is 3.70. The van der Waals surface area contributed by atoms with Crippen LogP contribution in [0.4, 0.5) is 0 Å². The summed E-state index contributed by atoms with van der Waals surface area (Å²) in [7, 11) is 0. The van der Waals surface area contributed by atoms with Crippen molar-refractivity contribution in [3.63, 3.8) is 0 Å². The minimum absolute atomic E-state index is 0.670. The molecule has 1 aromatic heterocycles. The largest absolute Gasteiger partial charge is 0.313 e. The third-order valence-electron chi connectivity index (χ3n) is 4.88. The minimum Gasteiger partial charge on any atom is -0.313 e. The molecule has 0 radical (unpaired) electrons. The summed E-state index contributed by atoms with van der Waals surface area (Å²) in [6, 6.07) is 9.53. The van der Waals surface area contributed by atoms with Gasteiger partial charge in [-0.05, 0) is 60.5 Å². The molecule has 1 aromatic carbocycles. The highest BCUT2D eigenvalue weighted by Crippen LogP contribution is 2.31. The number of thiophene rings is 1. The van der Waals surface area contributed by atoms with E-state index in [4.69, 9.17) is 0 Å². The summed E-state index contributed by atoms with van der Waals surface area (Å²) in [6.07, 6.45) is 9.58. The molecule has 1 N–H and O–H groups in total. The standard InChI is InChI=1S/C19H27NS/c1-2-12-20-18(15-8-4-3-5-9-15)13-16-14-21-19-11-7-6-10-17(16)19/h6-7,10-11,14-15,18,20H,2-5,8-9,12-13H2,1H3. The van der Waals surface area contributed by atoms with Crippen LogP contribution in [0.25, 0.3) is 10.1 Å². The molecule has 0 aliphatic heterocycles. The van der Waals surface area contributed by atoms with Gasteiger partial charge in [0.05, 0.1) is 0 Å². The molecule has 1 atom stereocenters. The molecule has 114 valence electrons. The zero-order valence-electron chi connectivity index (χ0n) is 13.1. The van der Waals surface area contributed by atoms with E-state index in [1.807, 2.05) is 11.3 Å². The Labute approximate surface area is 132 Å². The number of fused-ring (bicyclic) bond motifs is 1. The van der Waals surface area contributed by atoms with Crippen molar-refractivity contribution in [3.05, 3.63) is 35.2 Å². The fraction of sp³-hybridized carbons (Fsp3) is 0.579.